The predicted octanol–water partition coefficient (Wildman–Crippen LogP) is 3.53. The van der Waals surface area contributed by atoms with Crippen LogP contribution in [0, 0.1) is 0 Å². The Bertz CT molecular complexity index is 1040. The van der Waals surface area contributed by atoms with E-state index in [9.17, 15) is 5.11 Å². The van der Waals surface area contributed by atoms with Crippen LogP contribution in [0.3, 0.4) is 0 Å². The molecule has 0 radical (unpaired) electrons. The number of aliphatic hydroxyl groups is 1. The summed E-state index contributed by atoms with van der Waals surface area (Å²) in [5, 5.41) is 15.5. The Morgan fingerprint density at radius 2 is 2.00 bits per heavy atom. The largest absolute Gasteiger partial charge is 0.491 e. The Hall–Kier alpha value is -2.44. The second kappa shape index (κ2) is 7.36. The van der Waals surface area contributed by atoms with Crippen molar-refractivity contribution >= 4 is 5.65 Å². The number of para-hydroxylation sites is 1. The molecular formula is C24H30N4O2. The zero-order valence-electron chi connectivity index (χ0n) is 18.0. The van der Waals surface area contributed by atoms with Crippen LogP contribution in [0.2, 0.25) is 0 Å². The van der Waals surface area contributed by atoms with Gasteiger partial charge in [-0.25, -0.2) is 9.50 Å². The summed E-state index contributed by atoms with van der Waals surface area (Å²) in [4.78, 5) is 7.17. The van der Waals surface area contributed by atoms with Gasteiger partial charge in [-0.05, 0) is 25.0 Å². The normalized spacial score (nSPS) is 22.3. The number of hydrogen-bond acceptors (Lipinski definition) is 5. The van der Waals surface area contributed by atoms with Crippen LogP contribution in [0.5, 0.6) is 5.75 Å². The summed E-state index contributed by atoms with van der Waals surface area (Å²) in [7, 11) is 0. The fourth-order valence-corrected chi connectivity index (χ4v) is 4.84. The maximum Gasteiger partial charge on any atom is 0.155 e. The Balaban J connectivity index is 1.35. The first-order chi connectivity index (χ1) is 14.4. The van der Waals surface area contributed by atoms with Gasteiger partial charge in [-0.15, -0.1) is 0 Å². The van der Waals surface area contributed by atoms with Gasteiger partial charge < -0.3 is 9.84 Å². The van der Waals surface area contributed by atoms with E-state index < -0.39 is 6.10 Å². The molecule has 2 aromatic heterocycles. The van der Waals surface area contributed by atoms with Gasteiger partial charge in [0.1, 0.15) is 18.5 Å². The summed E-state index contributed by atoms with van der Waals surface area (Å²) in [6.45, 7) is 7.48. The summed E-state index contributed by atoms with van der Waals surface area (Å²) >= 11 is 0. The third-order valence-electron chi connectivity index (χ3n) is 6.42. The van der Waals surface area contributed by atoms with E-state index in [0.717, 1.165) is 36.4 Å². The third kappa shape index (κ3) is 3.48. The molecule has 3 atom stereocenters. The summed E-state index contributed by atoms with van der Waals surface area (Å²) in [5.41, 5.74) is 4.56. The molecule has 30 heavy (non-hydrogen) atoms. The topological polar surface area (TPSA) is 62.9 Å². The maximum absolute atomic E-state index is 10.6. The Kier molecular flexibility index (Phi) is 4.79. The Morgan fingerprint density at radius 3 is 2.77 bits per heavy atom. The molecule has 0 spiro atoms. The summed E-state index contributed by atoms with van der Waals surface area (Å²) in [6.07, 6.45) is 4.70. The van der Waals surface area contributed by atoms with E-state index in [1.54, 1.807) is 0 Å². The van der Waals surface area contributed by atoms with Crippen LogP contribution in [-0.4, -0.2) is 49.9 Å². The summed E-state index contributed by atoms with van der Waals surface area (Å²) in [6, 6.07) is 12.5. The molecule has 1 fully saturated rings. The molecule has 3 aromatic rings. The van der Waals surface area contributed by atoms with Crippen molar-refractivity contribution in [3.8, 4) is 5.75 Å². The van der Waals surface area contributed by atoms with Gasteiger partial charge in [0.2, 0.25) is 0 Å². The lowest BCUT2D eigenvalue weighted by Crippen LogP contribution is -2.44. The van der Waals surface area contributed by atoms with E-state index in [-0.39, 0.29) is 5.41 Å². The van der Waals surface area contributed by atoms with Crippen molar-refractivity contribution in [3.63, 3.8) is 0 Å². The van der Waals surface area contributed by atoms with Crippen LogP contribution in [0.4, 0.5) is 0 Å². The van der Waals surface area contributed by atoms with Crippen molar-refractivity contribution in [2.24, 2.45) is 0 Å². The van der Waals surface area contributed by atoms with Crippen LogP contribution >= 0.6 is 0 Å². The van der Waals surface area contributed by atoms with Gasteiger partial charge in [0.15, 0.2) is 5.65 Å². The summed E-state index contributed by atoms with van der Waals surface area (Å²) in [5.74, 6) is 0.795. The van der Waals surface area contributed by atoms with Crippen molar-refractivity contribution in [2.45, 2.75) is 63.6 Å². The highest BCUT2D eigenvalue weighted by Gasteiger charge is 2.42. The van der Waals surface area contributed by atoms with Gasteiger partial charge >= 0.3 is 0 Å². The van der Waals surface area contributed by atoms with Gasteiger partial charge in [-0.1, -0.05) is 39.0 Å². The molecule has 0 saturated carbocycles. The number of fused-ring (bicyclic) bond motifs is 6. The molecule has 0 amide bonds. The molecule has 5 rings (SSSR count). The highest BCUT2D eigenvalue weighted by Crippen LogP contribution is 2.43. The minimum absolute atomic E-state index is 0.00311. The minimum atomic E-state index is -0.524. The maximum atomic E-state index is 10.6. The van der Waals surface area contributed by atoms with E-state index >= 15 is 0 Å². The second-order valence-electron chi connectivity index (χ2n) is 9.64. The quantitative estimate of drug-likeness (QED) is 0.702. The molecule has 1 N–H and O–H groups in total. The highest BCUT2D eigenvalue weighted by molar-refractivity contribution is 5.45. The first kappa shape index (κ1) is 19.5. The van der Waals surface area contributed by atoms with Gasteiger partial charge in [0, 0.05) is 48.3 Å². The van der Waals surface area contributed by atoms with Gasteiger partial charge in [0.05, 0.1) is 11.4 Å². The average Bonchev–Trinajstić information content (AvgIpc) is 3.28. The molecule has 6 nitrogen and oxygen atoms in total. The van der Waals surface area contributed by atoms with Crippen LogP contribution in [-0.2, 0) is 11.8 Å². The van der Waals surface area contributed by atoms with E-state index in [1.165, 1.54) is 11.3 Å². The van der Waals surface area contributed by atoms with Gasteiger partial charge in [-0.3, -0.25) is 4.90 Å². The minimum Gasteiger partial charge on any atom is -0.491 e. The van der Waals surface area contributed by atoms with Crippen LogP contribution in [0.1, 0.15) is 56.6 Å². The van der Waals surface area contributed by atoms with Gasteiger partial charge in [0.25, 0.3) is 0 Å². The molecule has 2 aliphatic heterocycles. The van der Waals surface area contributed by atoms with Crippen molar-refractivity contribution in [3.05, 3.63) is 59.5 Å². The zero-order chi connectivity index (χ0) is 20.9. The van der Waals surface area contributed by atoms with Crippen LogP contribution in [0.15, 0.2) is 42.6 Å². The molecule has 1 saturated heterocycles. The lowest BCUT2D eigenvalue weighted by molar-refractivity contribution is 0.0446. The van der Waals surface area contributed by atoms with Crippen molar-refractivity contribution < 1.29 is 9.84 Å². The van der Waals surface area contributed by atoms with Crippen LogP contribution < -0.4 is 4.74 Å². The highest BCUT2D eigenvalue weighted by atomic mass is 16.5. The first-order valence-electron chi connectivity index (χ1n) is 10.9. The number of aromatic nitrogens is 3. The molecule has 3 unspecified atom stereocenters. The Labute approximate surface area is 177 Å². The first-order valence-corrected chi connectivity index (χ1v) is 10.9. The third-order valence-corrected chi connectivity index (χ3v) is 6.42. The molecule has 4 heterocycles. The van der Waals surface area contributed by atoms with Crippen molar-refractivity contribution in [1.82, 2.24) is 19.5 Å². The number of nitrogens with zero attached hydrogens (tertiary/aromatic N) is 4. The summed E-state index contributed by atoms with van der Waals surface area (Å²) < 4.78 is 7.82. The molecule has 1 aromatic carbocycles. The van der Waals surface area contributed by atoms with Crippen molar-refractivity contribution in [2.75, 3.05) is 13.2 Å². The fourth-order valence-electron chi connectivity index (χ4n) is 4.84. The Morgan fingerprint density at radius 1 is 1.20 bits per heavy atom. The number of ether oxygens (including phenoxy) is 1. The molecule has 0 aliphatic carbocycles. The van der Waals surface area contributed by atoms with Crippen molar-refractivity contribution in [1.29, 1.82) is 0 Å². The lowest BCUT2D eigenvalue weighted by atomic mass is 9.93. The van der Waals surface area contributed by atoms with E-state index in [1.807, 2.05) is 36.5 Å². The monoisotopic (exact) mass is 406 g/mol. The van der Waals surface area contributed by atoms with E-state index in [2.05, 4.69) is 36.3 Å². The van der Waals surface area contributed by atoms with E-state index in [4.69, 9.17) is 14.8 Å². The zero-order valence-corrected chi connectivity index (χ0v) is 18.0. The standard InChI is InChI=1S/C24H30N4O2/c1-24(2,3)22-12-23-25-13-19-20-10-9-16(11-21(19)28(23)26-22)27(20)14-17(29)15-30-18-7-5-4-6-8-18/h4-8,12-13,16-17,20,29H,9-11,14-15H2,1-3H3. The smallest absolute Gasteiger partial charge is 0.155 e. The van der Waals surface area contributed by atoms with E-state index in [0.29, 0.717) is 25.2 Å². The molecular weight excluding hydrogens is 376 g/mol. The second-order valence-corrected chi connectivity index (χ2v) is 9.64. The fraction of sp³-hybridized carbons (Fsp3) is 0.500. The number of hydrogen-bond donors (Lipinski definition) is 1. The number of benzene rings is 1. The van der Waals surface area contributed by atoms with Gasteiger partial charge in [-0.2, -0.15) is 5.10 Å². The SMILES string of the molecule is CC(C)(C)c1cc2ncc3c(n2n1)CC1CCC3N1CC(O)COc1ccccc1. The molecule has 2 aliphatic rings. The molecule has 158 valence electrons. The van der Waals surface area contributed by atoms with Crippen LogP contribution in [0.25, 0.3) is 5.65 Å². The molecule has 2 bridgehead atoms. The predicted molar refractivity (Wildman–Crippen MR) is 116 cm³/mol. The lowest BCUT2D eigenvalue weighted by Gasteiger charge is -2.37. The number of aliphatic hydroxyl groups excluding tert-OH is 1. The molecule has 6 heteroatoms. The number of rotatable bonds is 5. The average molecular weight is 407 g/mol.